The van der Waals surface area contributed by atoms with Gasteiger partial charge in [-0.15, -0.1) is 0 Å². The van der Waals surface area contributed by atoms with E-state index < -0.39 is 0 Å². The Kier molecular flexibility index (Phi) is 5.82. The summed E-state index contributed by atoms with van der Waals surface area (Å²) < 4.78 is 5.58. The highest BCUT2D eigenvalue weighted by Crippen LogP contribution is 2.26. The van der Waals surface area contributed by atoms with Gasteiger partial charge < -0.3 is 14.5 Å². The summed E-state index contributed by atoms with van der Waals surface area (Å²) in [4.78, 5) is 32.8. The van der Waals surface area contributed by atoms with Gasteiger partial charge in [0.25, 0.3) is 0 Å². The van der Waals surface area contributed by atoms with Crippen molar-refractivity contribution >= 4 is 11.8 Å². The van der Waals surface area contributed by atoms with Gasteiger partial charge in [0, 0.05) is 59.3 Å². The van der Waals surface area contributed by atoms with E-state index in [-0.39, 0.29) is 11.8 Å². The third-order valence-electron chi connectivity index (χ3n) is 6.00. The van der Waals surface area contributed by atoms with Crippen LogP contribution in [0.1, 0.15) is 17.5 Å². The summed E-state index contributed by atoms with van der Waals surface area (Å²) in [5, 5.41) is 0. The molecule has 4 rings (SSSR count). The lowest BCUT2D eigenvalue weighted by atomic mass is 10.1. The molecule has 1 aromatic carbocycles. The minimum absolute atomic E-state index is 0.106. The molecule has 28 heavy (non-hydrogen) atoms. The maximum absolute atomic E-state index is 12.7. The van der Waals surface area contributed by atoms with Crippen LogP contribution in [0.2, 0.25) is 0 Å². The summed E-state index contributed by atoms with van der Waals surface area (Å²) in [6.07, 6.45) is 1.93. The Hall–Kier alpha value is -2.12. The summed E-state index contributed by atoms with van der Waals surface area (Å²) in [5.41, 5.74) is 2.63. The quantitative estimate of drug-likeness (QED) is 0.751. The number of hydrogen-bond acceptors (Lipinski definition) is 5. The van der Waals surface area contributed by atoms with E-state index in [1.807, 2.05) is 16.8 Å². The predicted molar refractivity (Wildman–Crippen MR) is 106 cm³/mol. The van der Waals surface area contributed by atoms with E-state index in [9.17, 15) is 9.59 Å². The fourth-order valence-electron chi connectivity index (χ4n) is 4.23. The number of nitrogens with zero attached hydrogens (tertiary/aromatic N) is 4. The Balaban J connectivity index is 1.24. The van der Waals surface area contributed by atoms with Crippen molar-refractivity contribution in [3.63, 3.8) is 0 Å². The third-order valence-corrected chi connectivity index (χ3v) is 6.00. The zero-order chi connectivity index (χ0) is 19.5. The first-order chi connectivity index (χ1) is 13.6. The van der Waals surface area contributed by atoms with Gasteiger partial charge in [0.15, 0.2) is 0 Å². The first-order valence-electron chi connectivity index (χ1n) is 10.3. The van der Waals surface area contributed by atoms with Crippen LogP contribution in [0.3, 0.4) is 0 Å². The van der Waals surface area contributed by atoms with E-state index in [0.29, 0.717) is 13.1 Å². The molecule has 0 aromatic heterocycles. The monoisotopic (exact) mass is 386 g/mol. The Morgan fingerprint density at radius 1 is 1.07 bits per heavy atom. The SMILES string of the molecule is CN1CCCN(CC(=O)N2CCN(Cc3ccc4c(c3)CCO4)CC2)CC1=O. The molecular weight excluding hydrogens is 356 g/mol. The molecular formula is C21H30N4O3. The fourth-order valence-corrected chi connectivity index (χ4v) is 4.23. The third kappa shape index (κ3) is 4.47. The number of rotatable bonds is 4. The molecule has 0 aliphatic carbocycles. The lowest BCUT2D eigenvalue weighted by Crippen LogP contribution is -2.51. The van der Waals surface area contributed by atoms with E-state index >= 15 is 0 Å². The zero-order valence-corrected chi connectivity index (χ0v) is 16.7. The summed E-state index contributed by atoms with van der Waals surface area (Å²) in [6.45, 7) is 7.29. The number of ether oxygens (including phenoxy) is 1. The smallest absolute Gasteiger partial charge is 0.236 e. The Morgan fingerprint density at radius 2 is 1.89 bits per heavy atom. The van der Waals surface area contributed by atoms with Crippen LogP contribution in [0.25, 0.3) is 0 Å². The molecule has 7 heteroatoms. The van der Waals surface area contributed by atoms with Gasteiger partial charge in [0.1, 0.15) is 5.75 Å². The maximum Gasteiger partial charge on any atom is 0.236 e. The van der Waals surface area contributed by atoms with Gasteiger partial charge in [-0.05, 0) is 23.6 Å². The zero-order valence-electron chi connectivity index (χ0n) is 16.7. The highest BCUT2D eigenvalue weighted by molar-refractivity contribution is 5.81. The van der Waals surface area contributed by atoms with E-state index in [0.717, 1.165) is 71.0 Å². The van der Waals surface area contributed by atoms with Crippen molar-refractivity contribution in [1.29, 1.82) is 0 Å². The summed E-state index contributed by atoms with van der Waals surface area (Å²) in [6, 6.07) is 6.49. The minimum Gasteiger partial charge on any atom is -0.493 e. The van der Waals surface area contributed by atoms with E-state index in [1.165, 1.54) is 11.1 Å². The van der Waals surface area contributed by atoms with Crippen LogP contribution in [0.15, 0.2) is 18.2 Å². The number of piperazine rings is 1. The first-order valence-corrected chi connectivity index (χ1v) is 10.3. The van der Waals surface area contributed by atoms with Crippen molar-refractivity contribution in [3.05, 3.63) is 29.3 Å². The molecule has 0 bridgehead atoms. The maximum atomic E-state index is 12.7. The number of amides is 2. The number of likely N-dealkylation sites (N-methyl/N-ethyl adjacent to an activating group) is 1. The van der Waals surface area contributed by atoms with Crippen LogP contribution in [0, 0.1) is 0 Å². The molecule has 0 radical (unpaired) electrons. The van der Waals surface area contributed by atoms with Gasteiger partial charge in [-0.2, -0.15) is 0 Å². The van der Waals surface area contributed by atoms with Crippen LogP contribution in [0.4, 0.5) is 0 Å². The van der Waals surface area contributed by atoms with Crippen molar-refractivity contribution < 1.29 is 14.3 Å². The van der Waals surface area contributed by atoms with Crippen LogP contribution in [-0.2, 0) is 22.6 Å². The van der Waals surface area contributed by atoms with Crippen molar-refractivity contribution in [2.75, 3.05) is 66.0 Å². The molecule has 3 aliphatic heterocycles. The molecule has 7 nitrogen and oxygen atoms in total. The highest BCUT2D eigenvalue weighted by atomic mass is 16.5. The molecule has 0 unspecified atom stereocenters. The Bertz CT molecular complexity index is 730. The summed E-state index contributed by atoms with van der Waals surface area (Å²) >= 11 is 0. The second-order valence-corrected chi connectivity index (χ2v) is 8.08. The van der Waals surface area contributed by atoms with Crippen molar-refractivity contribution in [2.24, 2.45) is 0 Å². The Morgan fingerprint density at radius 3 is 2.71 bits per heavy atom. The van der Waals surface area contributed by atoms with Crippen molar-refractivity contribution in [1.82, 2.24) is 19.6 Å². The topological polar surface area (TPSA) is 56.3 Å². The van der Waals surface area contributed by atoms with E-state index in [2.05, 4.69) is 23.1 Å². The molecule has 0 spiro atoms. The van der Waals surface area contributed by atoms with E-state index in [1.54, 1.807) is 4.90 Å². The van der Waals surface area contributed by atoms with Crippen LogP contribution >= 0.6 is 0 Å². The molecule has 3 heterocycles. The normalized spacial score (nSPS) is 21.4. The molecule has 2 fully saturated rings. The largest absolute Gasteiger partial charge is 0.493 e. The molecule has 0 saturated carbocycles. The van der Waals surface area contributed by atoms with Crippen LogP contribution in [0.5, 0.6) is 5.75 Å². The average Bonchev–Trinajstić information content (AvgIpc) is 3.09. The number of carbonyl (C=O) groups excluding carboxylic acids is 2. The number of carbonyl (C=O) groups is 2. The lowest BCUT2D eigenvalue weighted by molar-refractivity contribution is -0.135. The molecule has 0 atom stereocenters. The predicted octanol–water partition coefficient (Wildman–Crippen LogP) is 0.430. The highest BCUT2D eigenvalue weighted by Gasteiger charge is 2.25. The van der Waals surface area contributed by atoms with Gasteiger partial charge in [0.05, 0.1) is 19.7 Å². The summed E-state index contributed by atoms with van der Waals surface area (Å²) in [7, 11) is 1.83. The fraction of sp³-hybridized carbons (Fsp3) is 0.619. The first kappa shape index (κ1) is 19.2. The van der Waals surface area contributed by atoms with Gasteiger partial charge in [-0.1, -0.05) is 12.1 Å². The standard InChI is InChI=1S/C21H30N4O3/c1-22-6-2-7-24(15-20(22)26)16-21(27)25-10-8-23(9-11-25)14-17-3-4-19-18(13-17)5-12-28-19/h3-4,13H,2,5-12,14-16H2,1H3. The minimum atomic E-state index is 0.106. The van der Waals surface area contributed by atoms with Crippen molar-refractivity contribution in [2.45, 2.75) is 19.4 Å². The second kappa shape index (κ2) is 8.49. The van der Waals surface area contributed by atoms with Crippen molar-refractivity contribution in [3.8, 4) is 5.75 Å². The van der Waals surface area contributed by atoms with Crippen LogP contribution < -0.4 is 4.74 Å². The number of hydrogen-bond donors (Lipinski definition) is 0. The van der Waals surface area contributed by atoms with Gasteiger partial charge >= 0.3 is 0 Å². The molecule has 2 amide bonds. The number of benzene rings is 1. The van der Waals surface area contributed by atoms with E-state index in [4.69, 9.17) is 4.74 Å². The second-order valence-electron chi connectivity index (χ2n) is 8.08. The van der Waals surface area contributed by atoms with Gasteiger partial charge in [-0.3, -0.25) is 19.4 Å². The Labute approximate surface area is 166 Å². The molecule has 3 aliphatic rings. The van der Waals surface area contributed by atoms with Gasteiger partial charge in [-0.25, -0.2) is 0 Å². The van der Waals surface area contributed by atoms with Gasteiger partial charge in [0.2, 0.25) is 11.8 Å². The van der Waals surface area contributed by atoms with Crippen LogP contribution in [-0.4, -0.2) is 97.4 Å². The number of fused-ring (bicyclic) bond motifs is 1. The molecule has 152 valence electrons. The average molecular weight is 386 g/mol. The molecule has 2 saturated heterocycles. The summed E-state index contributed by atoms with van der Waals surface area (Å²) in [5.74, 6) is 1.28. The lowest BCUT2D eigenvalue weighted by Gasteiger charge is -2.35. The molecule has 0 N–H and O–H groups in total. The molecule has 1 aromatic rings.